The van der Waals surface area contributed by atoms with E-state index in [2.05, 4.69) is 15.3 Å². The molecule has 126 valence electrons. The first kappa shape index (κ1) is 15.8. The van der Waals surface area contributed by atoms with Crippen molar-refractivity contribution in [3.63, 3.8) is 0 Å². The van der Waals surface area contributed by atoms with Gasteiger partial charge in [-0.1, -0.05) is 30.3 Å². The third-order valence-corrected chi connectivity index (χ3v) is 3.94. The van der Waals surface area contributed by atoms with E-state index in [-0.39, 0.29) is 5.91 Å². The molecule has 1 aromatic carbocycles. The highest BCUT2D eigenvalue weighted by molar-refractivity contribution is 6.04. The molecule has 0 spiro atoms. The second kappa shape index (κ2) is 7.03. The lowest BCUT2D eigenvalue weighted by atomic mass is 10.1. The smallest absolute Gasteiger partial charge is 0.248 e. The van der Waals surface area contributed by atoms with Crippen LogP contribution in [0.5, 0.6) is 0 Å². The summed E-state index contributed by atoms with van der Waals surface area (Å²) < 4.78 is 1.95. The van der Waals surface area contributed by atoms with Crippen LogP contribution in [0.25, 0.3) is 23.0 Å². The van der Waals surface area contributed by atoms with Crippen LogP contribution in [0.2, 0.25) is 0 Å². The Morgan fingerprint density at radius 1 is 1.04 bits per heavy atom. The van der Waals surface area contributed by atoms with Gasteiger partial charge in [0.15, 0.2) is 0 Å². The first-order valence-electron chi connectivity index (χ1n) is 8.22. The lowest BCUT2D eigenvalue weighted by Crippen LogP contribution is -2.08. The maximum absolute atomic E-state index is 12.3. The molecule has 0 bridgehead atoms. The molecule has 3 aromatic heterocycles. The number of anilines is 1. The molecule has 4 aromatic rings. The Morgan fingerprint density at radius 2 is 1.92 bits per heavy atom. The van der Waals surface area contributed by atoms with Crippen molar-refractivity contribution in [2.75, 3.05) is 5.32 Å². The summed E-state index contributed by atoms with van der Waals surface area (Å²) in [5, 5.41) is 2.93. The van der Waals surface area contributed by atoms with Crippen LogP contribution >= 0.6 is 0 Å². The molecule has 0 aliphatic rings. The Bertz CT molecular complexity index is 1050. The molecule has 4 rings (SSSR count). The molecule has 0 fully saturated rings. The van der Waals surface area contributed by atoms with Crippen molar-refractivity contribution in [2.45, 2.75) is 0 Å². The topological polar surface area (TPSA) is 59.3 Å². The Hall–Kier alpha value is -3.73. The van der Waals surface area contributed by atoms with Crippen molar-refractivity contribution in [3.8, 4) is 11.3 Å². The fourth-order valence-electron chi connectivity index (χ4n) is 2.70. The van der Waals surface area contributed by atoms with Gasteiger partial charge in [-0.2, -0.15) is 0 Å². The second-order valence-corrected chi connectivity index (χ2v) is 5.75. The van der Waals surface area contributed by atoms with Gasteiger partial charge in [-0.3, -0.25) is 9.78 Å². The lowest BCUT2D eigenvalue weighted by Gasteiger charge is -2.07. The monoisotopic (exact) mass is 340 g/mol. The fourth-order valence-corrected chi connectivity index (χ4v) is 2.70. The molecule has 0 aliphatic heterocycles. The van der Waals surface area contributed by atoms with Gasteiger partial charge in [0.05, 0.1) is 11.4 Å². The molecule has 0 atom stereocenters. The number of rotatable bonds is 4. The minimum Gasteiger partial charge on any atom is -0.322 e. The molecule has 5 nitrogen and oxygen atoms in total. The second-order valence-electron chi connectivity index (χ2n) is 5.75. The Kier molecular flexibility index (Phi) is 4.26. The number of hydrogen-bond acceptors (Lipinski definition) is 3. The number of benzene rings is 1. The zero-order valence-corrected chi connectivity index (χ0v) is 13.9. The zero-order chi connectivity index (χ0) is 17.8. The van der Waals surface area contributed by atoms with E-state index in [9.17, 15) is 4.79 Å². The number of amides is 1. The van der Waals surface area contributed by atoms with Crippen molar-refractivity contribution in [3.05, 3.63) is 91.0 Å². The van der Waals surface area contributed by atoms with Crippen LogP contribution in [0.3, 0.4) is 0 Å². The number of para-hydroxylation sites is 1. The minimum atomic E-state index is -0.204. The summed E-state index contributed by atoms with van der Waals surface area (Å²) in [6, 6.07) is 17.2. The normalized spacial score (nSPS) is 11.1. The number of hydrogen-bond donors (Lipinski definition) is 1. The van der Waals surface area contributed by atoms with Crippen molar-refractivity contribution in [1.29, 1.82) is 0 Å². The molecule has 3 heterocycles. The van der Waals surface area contributed by atoms with Crippen LogP contribution in [0.1, 0.15) is 5.56 Å². The molecule has 5 heteroatoms. The van der Waals surface area contributed by atoms with Gasteiger partial charge in [-0.15, -0.1) is 0 Å². The van der Waals surface area contributed by atoms with Gasteiger partial charge in [0.1, 0.15) is 5.65 Å². The van der Waals surface area contributed by atoms with Gasteiger partial charge in [-0.05, 0) is 35.9 Å². The SMILES string of the molecule is O=C(C=Cc1cccnc1)Nc1ccccc1-c1cn2ccccc2n1. The molecule has 1 N–H and O–H groups in total. The van der Waals surface area contributed by atoms with E-state index in [0.29, 0.717) is 0 Å². The Labute approximate surface area is 150 Å². The average molecular weight is 340 g/mol. The van der Waals surface area contributed by atoms with E-state index in [1.54, 1.807) is 18.5 Å². The maximum Gasteiger partial charge on any atom is 0.248 e. The molecular weight excluding hydrogens is 324 g/mol. The van der Waals surface area contributed by atoms with Crippen LogP contribution in [-0.4, -0.2) is 20.3 Å². The molecule has 1 amide bonds. The number of imidazole rings is 1. The van der Waals surface area contributed by atoms with Crippen LogP contribution in [0.4, 0.5) is 5.69 Å². The fraction of sp³-hybridized carbons (Fsp3) is 0. The van der Waals surface area contributed by atoms with E-state index in [4.69, 9.17) is 0 Å². The van der Waals surface area contributed by atoms with Crippen LogP contribution in [0.15, 0.2) is 85.5 Å². The summed E-state index contributed by atoms with van der Waals surface area (Å²) in [5.41, 5.74) is 4.13. The van der Waals surface area contributed by atoms with E-state index in [1.165, 1.54) is 6.08 Å². The van der Waals surface area contributed by atoms with E-state index in [1.807, 2.05) is 71.4 Å². The molecule has 0 saturated heterocycles. The third-order valence-electron chi connectivity index (χ3n) is 3.94. The van der Waals surface area contributed by atoms with Crippen molar-refractivity contribution >= 4 is 23.3 Å². The minimum absolute atomic E-state index is 0.204. The highest BCUT2D eigenvalue weighted by Crippen LogP contribution is 2.27. The Balaban J connectivity index is 1.59. The highest BCUT2D eigenvalue weighted by atomic mass is 16.1. The predicted octanol–water partition coefficient (Wildman–Crippen LogP) is 4.05. The van der Waals surface area contributed by atoms with Crippen LogP contribution in [0, 0.1) is 0 Å². The Morgan fingerprint density at radius 3 is 2.77 bits per heavy atom. The maximum atomic E-state index is 12.3. The quantitative estimate of drug-likeness (QED) is 0.570. The summed E-state index contributed by atoms with van der Waals surface area (Å²) in [5.74, 6) is -0.204. The third kappa shape index (κ3) is 3.37. The van der Waals surface area contributed by atoms with Crippen molar-refractivity contribution < 1.29 is 4.79 Å². The number of carbonyl (C=O) groups is 1. The number of fused-ring (bicyclic) bond motifs is 1. The lowest BCUT2D eigenvalue weighted by molar-refractivity contribution is -0.111. The summed E-state index contributed by atoms with van der Waals surface area (Å²) in [6.07, 6.45) is 10.5. The largest absolute Gasteiger partial charge is 0.322 e. The summed E-state index contributed by atoms with van der Waals surface area (Å²) in [4.78, 5) is 21.0. The molecule has 0 radical (unpaired) electrons. The van der Waals surface area contributed by atoms with E-state index < -0.39 is 0 Å². The number of nitrogens with one attached hydrogen (secondary N) is 1. The number of aromatic nitrogens is 3. The first-order valence-corrected chi connectivity index (χ1v) is 8.22. The van der Waals surface area contributed by atoms with Crippen LogP contribution < -0.4 is 5.32 Å². The predicted molar refractivity (Wildman–Crippen MR) is 103 cm³/mol. The first-order chi connectivity index (χ1) is 12.8. The van der Waals surface area contributed by atoms with Gasteiger partial charge in [-0.25, -0.2) is 4.98 Å². The molecular formula is C21H16N4O. The molecule has 26 heavy (non-hydrogen) atoms. The van der Waals surface area contributed by atoms with E-state index >= 15 is 0 Å². The number of pyridine rings is 2. The van der Waals surface area contributed by atoms with Gasteiger partial charge in [0.25, 0.3) is 0 Å². The summed E-state index contributed by atoms with van der Waals surface area (Å²) in [6.45, 7) is 0. The average Bonchev–Trinajstić information content (AvgIpc) is 3.12. The molecule has 0 saturated carbocycles. The van der Waals surface area contributed by atoms with Gasteiger partial charge < -0.3 is 9.72 Å². The van der Waals surface area contributed by atoms with E-state index in [0.717, 1.165) is 28.2 Å². The van der Waals surface area contributed by atoms with Crippen molar-refractivity contribution in [2.24, 2.45) is 0 Å². The number of carbonyl (C=O) groups excluding carboxylic acids is 1. The van der Waals surface area contributed by atoms with Gasteiger partial charge in [0, 0.05) is 36.4 Å². The highest BCUT2D eigenvalue weighted by Gasteiger charge is 2.10. The standard InChI is InChI=1S/C21H16N4O/c26-21(11-10-16-6-5-12-22-14-16)24-18-8-2-1-7-17(18)19-15-25-13-4-3-9-20(25)23-19/h1-15H,(H,24,26). The molecule has 0 aliphatic carbocycles. The number of nitrogens with zero attached hydrogens (tertiary/aromatic N) is 3. The van der Waals surface area contributed by atoms with Gasteiger partial charge in [0.2, 0.25) is 5.91 Å². The van der Waals surface area contributed by atoms with Crippen LogP contribution in [-0.2, 0) is 4.79 Å². The van der Waals surface area contributed by atoms with Crippen molar-refractivity contribution in [1.82, 2.24) is 14.4 Å². The zero-order valence-electron chi connectivity index (χ0n) is 13.9. The molecule has 0 unspecified atom stereocenters. The summed E-state index contributed by atoms with van der Waals surface area (Å²) in [7, 11) is 0. The van der Waals surface area contributed by atoms with Gasteiger partial charge >= 0.3 is 0 Å². The summed E-state index contributed by atoms with van der Waals surface area (Å²) >= 11 is 0.